The molecule has 1 aliphatic heterocycles. The summed E-state index contributed by atoms with van der Waals surface area (Å²) in [5.41, 5.74) is 2.98. The van der Waals surface area contributed by atoms with Crippen molar-refractivity contribution in [2.75, 3.05) is 19.6 Å². The van der Waals surface area contributed by atoms with Crippen LogP contribution in [-0.2, 0) is 0 Å². The fraction of sp³-hybridized carbons (Fsp3) is 0.350. The maximum Gasteiger partial charge on any atom is 0.255 e. The number of nitrogens with one attached hydrogen (secondary N) is 2. The van der Waals surface area contributed by atoms with Crippen LogP contribution >= 0.6 is 0 Å². The second-order valence-corrected chi connectivity index (χ2v) is 7.28. The number of piperazine rings is 1. The Balaban J connectivity index is 1.88. The molecule has 8 heteroatoms. The third-order valence-corrected chi connectivity index (χ3v) is 5.25. The van der Waals surface area contributed by atoms with Crippen LogP contribution in [0.5, 0.6) is 5.75 Å². The number of pyridine rings is 1. The predicted octanol–water partition coefficient (Wildman–Crippen LogP) is 2.52. The van der Waals surface area contributed by atoms with Gasteiger partial charge >= 0.3 is 0 Å². The number of halogens is 1. The molecule has 1 amide bonds. The lowest BCUT2D eigenvalue weighted by molar-refractivity contribution is 0.0657. The number of aromatic amines is 1. The average molecular weight is 383 g/mol. The molecule has 0 bridgehead atoms. The number of phenolic OH excluding ortho intramolecular Hbond substituents is 1. The summed E-state index contributed by atoms with van der Waals surface area (Å²) in [7, 11) is 0. The van der Waals surface area contributed by atoms with Gasteiger partial charge in [0.15, 0.2) is 17.2 Å². The molecule has 3 heterocycles. The fourth-order valence-corrected chi connectivity index (χ4v) is 3.67. The molecule has 3 aromatic rings. The van der Waals surface area contributed by atoms with Crippen molar-refractivity contribution in [2.24, 2.45) is 0 Å². The number of carbonyl (C=O) groups is 1. The normalized spacial score (nSPS) is 17.3. The predicted molar refractivity (Wildman–Crippen MR) is 104 cm³/mol. The van der Waals surface area contributed by atoms with Gasteiger partial charge in [-0.15, -0.1) is 0 Å². The van der Waals surface area contributed by atoms with Gasteiger partial charge in [-0.2, -0.15) is 5.10 Å². The van der Waals surface area contributed by atoms with E-state index in [0.29, 0.717) is 40.0 Å². The Morgan fingerprint density at radius 3 is 2.82 bits per heavy atom. The van der Waals surface area contributed by atoms with E-state index >= 15 is 0 Å². The Labute approximate surface area is 161 Å². The number of nitrogens with zero attached hydrogens (tertiary/aromatic N) is 3. The van der Waals surface area contributed by atoms with Gasteiger partial charge in [0.2, 0.25) is 0 Å². The van der Waals surface area contributed by atoms with Crippen LogP contribution in [0.4, 0.5) is 4.39 Å². The second kappa shape index (κ2) is 6.87. The van der Waals surface area contributed by atoms with Gasteiger partial charge in [0.05, 0.1) is 16.6 Å². The number of H-pyrrole nitrogens is 1. The quantitative estimate of drug-likeness (QED) is 0.632. The molecule has 0 saturated carbocycles. The molecule has 1 aliphatic rings. The van der Waals surface area contributed by atoms with Crippen molar-refractivity contribution >= 4 is 16.9 Å². The Bertz CT molecular complexity index is 1050. The lowest BCUT2D eigenvalue weighted by Crippen LogP contribution is -2.52. The van der Waals surface area contributed by atoms with Crippen molar-refractivity contribution in [3.8, 4) is 17.0 Å². The van der Waals surface area contributed by atoms with Crippen LogP contribution < -0.4 is 5.32 Å². The van der Waals surface area contributed by atoms with E-state index in [4.69, 9.17) is 0 Å². The third-order valence-electron chi connectivity index (χ3n) is 5.25. The summed E-state index contributed by atoms with van der Waals surface area (Å²) in [5, 5.41) is 20.8. The summed E-state index contributed by atoms with van der Waals surface area (Å²) in [6, 6.07) is 4.62. The Morgan fingerprint density at radius 1 is 1.32 bits per heavy atom. The molecule has 1 saturated heterocycles. The molecular weight excluding hydrogens is 361 g/mol. The summed E-state index contributed by atoms with van der Waals surface area (Å²) >= 11 is 0. The first-order valence-electron chi connectivity index (χ1n) is 9.23. The van der Waals surface area contributed by atoms with Crippen molar-refractivity contribution in [2.45, 2.75) is 26.8 Å². The molecule has 0 radical (unpaired) electrons. The van der Waals surface area contributed by atoms with Gasteiger partial charge < -0.3 is 15.3 Å². The molecule has 1 fully saturated rings. The molecule has 1 atom stereocenters. The standard InChI is InChI=1S/C20H22FN5O2/c1-10-6-13(7-15(21)18(10)27)16-8-14(17-12(3)24-25-19(17)23-16)20(28)26-5-4-22-9-11(26)2/h6-8,11,22,27H,4-5,9H2,1-3H3,(H,23,24,25). The summed E-state index contributed by atoms with van der Waals surface area (Å²) in [6.45, 7) is 7.56. The van der Waals surface area contributed by atoms with Gasteiger partial charge in [0.1, 0.15) is 0 Å². The van der Waals surface area contributed by atoms with E-state index in [2.05, 4.69) is 20.5 Å². The van der Waals surface area contributed by atoms with Crippen molar-refractivity contribution in [3.63, 3.8) is 0 Å². The van der Waals surface area contributed by atoms with Crippen molar-refractivity contribution in [3.05, 3.63) is 40.8 Å². The molecular formula is C20H22FN5O2. The molecule has 1 aromatic carbocycles. The first-order chi connectivity index (χ1) is 13.4. The van der Waals surface area contributed by atoms with Crippen LogP contribution in [0.1, 0.15) is 28.5 Å². The van der Waals surface area contributed by atoms with Crippen LogP contribution in [0.25, 0.3) is 22.3 Å². The van der Waals surface area contributed by atoms with Crippen LogP contribution in [0.15, 0.2) is 18.2 Å². The highest BCUT2D eigenvalue weighted by atomic mass is 19.1. The first kappa shape index (κ1) is 18.4. The summed E-state index contributed by atoms with van der Waals surface area (Å²) < 4.78 is 14.1. The van der Waals surface area contributed by atoms with E-state index in [1.54, 1.807) is 19.1 Å². The number of amides is 1. The van der Waals surface area contributed by atoms with Crippen LogP contribution in [0.2, 0.25) is 0 Å². The number of phenols is 1. The zero-order chi connectivity index (χ0) is 20.0. The van der Waals surface area contributed by atoms with E-state index in [-0.39, 0.29) is 17.7 Å². The largest absolute Gasteiger partial charge is 0.505 e. The number of aromatic hydroxyl groups is 1. The lowest BCUT2D eigenvalue weighted by Gasteiger charge is -2.34. The summed E-state index contributed by atoms with van der Waals surface area (Å²) in [4.78, 5) is 19.7. The minimum atomic E-state index is -0.723. The average Bonchev–Trinajstić information content (AvgIpc) is 3.06. The van der Waals surface area contributed by atoms with E-state index in [1.165, 1.54) is 6.07 Å². The molecule has 7 nitrogen and oxygen atoms in total. The number of hydrogen-bond acceptors (Lipinski definition) is 5. The second-order valence-electron chi connectivity index (χ2n) is 7.28. The number of benzene rings is 1. The van der Waals surface area contributed by atoms with E-state index < -0.39 is 5.82 Å². The Morgan fingerprint density at radius 2 is 2.11 bits per heavy atom. The summed E-state index contributed by atoms with van der Waals surface area (Å²) in [6.07, 6.45) is 0. The van der Waals surface area contributed by atoms with Crippen LogP contribution in [-0.4, -0.2) is 56.8 Å². The van der Waals surface area contributed by atoms with Crippen LogP contribution in [0.3, 0.4) is 0 Å². The highest BCUT2D eigenvalue weighted by molar-refractivity contribution is 6.07. The molecule has 28 heavy (non-hydrogen) atoms. The zero-order valence-corrected chi connectivity index (χ0v) is 16.0. The molecule has 4 rings (SSSR count). The number of rotatable bonds is 2. The number of aryl methyl sites for hydroxylation is 2. The van der Waals surface area contributed by atoms with Gasteiger partial charge in [-0.05, 0) is 44.5 Å². The highest BCUT2D eigenvalue weighted by Crippen LogP contribution is 2.31. The van der Waals surface area contributed by atoms with Crippen molar-refractivity contribution < 1.29 is 14.3 Å². The van der Waals surface area contributed by atoms with E-state index in [0.717, 1.165) is 18.8 Å². The van der Waals surface area contributed by atoms with Gasteiger partial charge in [0.25, 0.3) is 5.91 Å². The molecule has 146 valence electrons. The Hall–Kier alpha value is -3.00. The Kier molecular flexibility index (Phi) is 4.50. The topological polar surface area (TPSA) is 94.1 Å². The van der Waals surface area contributed by atoms with E-state index in [9.17, 15) is 14.3 Å². The molecule has 1 unspecified atom stereocenters. The first-order valence-corrected chi connectivity index (χ1v) is 9.23. The fourth-order valence-electron chi connectivity index (χ4n) is 3.67. The summed E-state index contributed by atoms with van der Waals surface area (Å²) in [5.74, 6) is -1.20. The van der Waals surface area contributed by atoms with Crippen molar-refractivity contribution in [1.29, 1.82) is 0 Å². The lowest BCUT2D eigenvalue weighted by atomic mass is 10.0. The van der Waals surface area contributed by atoms with E-state index in [1.807, 2.05) is 18.7 Å². The number of fused-ring (bicyclic) bond motifs is 1. The molecule has 0 aliphatic carbocycles. The van der Waals surface area contributed by atoms with Crippen molar-refractivity contribution in [1.82, 2.24) is 25.4 Å². The SMILES string of the molecule is Cc1cc(-c2cc(C(=O)N3CCNCC3C)c3c(C)[nH]nc3n2)cc(F)c1O. The van der Waals surface area contributed by atoms with Gasteiger partial charge in [-0.25, -0.2) is 9.37 Å². The van der Waals surface area contributed by atoms with Gasteiger partial charge in [-0.1, -0.05) is 0 Å². The minimum Gasteiger partial charge on any atom is -0.505 e. The number of carbonyl (C=O) groups excluding carboxylic acids is 1. The smallest absolute Gasteiger partial charge is 0.255 e. The molecule has 0 spiro atoms. The number of hydrogen-bond donors (Lipinski definition) is 3. The zero-order valence-electron chi connectivity index (χ0n) is 16.0. The third kappa shape index (κ3) is 2.99. The maximum absolute atomic E-state index is 14.1. The van der Waals surface area contributed by atoms with Gasteiger partial charge in [0, 0.05) is 36.9 Å². The molecule has 2 aromatic heterocycles. The van der Waals surface area contributed by atoms with Gasteiger partial charge in [-0.3, -0.25) is 9.89 Å². The minimum absolute atomic E-state index is 0.0634. The monoisotopic (exact) mass is 383 g/mol. The molecule has 3 N–H and O–H groups in total. The highest BCUT2D eigenvalue weighted by Gasteiger charge is 2.27. The van der Waals surface area contributed by atoms with Crippen LogP contribution in [0, 0.1) is 19.7 Å². The number of aromatic nitrogens is 3. The maximum atomic E-state index is 14.1.